The topological polar surface area (TPSA) is 210 Å². The highest BCUT2D eigenvalue weighted by molar-refractivity contribution is 7.47. The van der Waals surface area contributed by atoms with Gasteiger partial charge in [-0.2, -0.15) is 0 Å². The van der Waals surface area contributed by atoms with Gasteiger partial charge in [-0.1, -0.05) is 160 Å². The summed E-state index contributed by atoms with van der Waals surface area (Å²) in [5.74, 6) is -1.28. The van der Waals surface area contributed by atoms with E-state index in [9.17, 15) is 44.6 Å². The summed E-state index contributed by atoms with van der Waals surface area (Å²) in [6, 6.07) is 0. The second-order valence-electron chi connectivity index (χ2n) is 14.9. The van der Waals surface area contributed by atoms with Crippen LogP contribution in [0.15, 0.2) is 146 Å². The normalized spacial score (nSPS) is 22.8. The number of phosphoric acid groups is 1. The molecule has 1 fully saturated rings. The molecule has 0 bridgehead atoms. The van der Waals surface area contributed by atoms with Gasteiger partial charge in [-0.3, -0.25) is 18.6 Å². The van der Waals surface area contributed by atoms with Crippen LogP contribution in [0.2, 0.25) is 0 Å². The molecule has 0 amide bonds. The lowest BCUT2D eigenvalue weighted by Crippen LogP contribution is -2.64. The molecule has 362 valence electrons. The molecular weight excluding hydrogens is 852 g/mol. The maximum Gasteiger partial charge on any atom is 0.472 e. The van der Waals surface area contributed by atoms with Crippen molar-refractivity contribution in [2.24, 2.45) is 0 Å². The summed E-state index contributed by atoms with van der Waals surface area (Å²) >= 11 is 0. The van der Waals surface area contributed by atoms with Gasteiger partial charge in [0, 0.05) is 12.8 Å². The Hall–Kier alpha value is -4.27. The van der Waals surface area contributed by atoms with Gasteiger partial charge in [-0.15, -0.1) is 0 Å². The Balaban J connectivity index is 2.53. The molecule has 0 aliphatic heterocycles. The fraction of sp³-hybridized carbons (Fsp3) is 0.490. The fourth-order valence-corrected chi connectivity index (χ4v) is 6.69. The van der Waals surface area contributed by atoms with E-state index in [1.807, 2.05) is 72.9 Å². The van der Waals surface area contributed by atoms with Crippen molar-refractivity contribution in [1.82, 2.24) is 0 Å². The summed E-state index contributed by atoms with van der Waals surface area (Å²) in [7, 11) is -5.16. The minimum atomic E-state index is -5.16. The maximum atomic E-state index is 12.8. The Bertz CT molecular complexity index is 1680. The smallest absolute Gasteiger partial charge is 0.462 e. The lowest BCUT2D eigenvalue weighted by atomic mass is 9.85. The summed E-state index contributed by atoms with van der Waals surface area (Å²) in [5.41, 5.74) is 0. The van der Waals surface area contributed by atoms with Crippen molar-refractivity contribution < 1.29 is 63.1 Å². The zero-order valence-electron chi connectivity index (χ0n) is 38.2. The number of hydrogen-bond donors (Lipinski definition) is 6. The Kier molecular flexibility index (Phi) is 35.2. The van der Waals surface area contributed by atoms with Crippen LogP contribution in [0.1, 0.15) is 104 Å². The van der Waals surface area contributed by atoms with Gasteiger partial charge in [-0.05, 0) is 77.0 Å². The van der Waals surface area contributed by atoms with E-state index in [0.717, 1.165) is 51.4 Å². The maximum absolute atomic E-state index is 12.8. The van der Waals surface area contributed by atoms with E-state index in [4.69, 9.17) is 18.5 Å². The average molecular weight is 927 g/mol. The number of esters is 2. The van der Waals surface area contributed by atoms with Crippen LogP contribution < -0.4 is 0 Å². The second kappa shape index (κ2) is 38.9. The predicted octanol–water partition coefficient (Wildman–Crippen LogP) is 8.94. The molecule has 0 aromatic rings. The highest BCUT2D eigenvalue weighted by atomic mass is 31.2. The first kappa shape index (κ1) is 58.7. The largest absolute Gasteiger partial charge is 0.472 e. The number of aliphatic hydroxyl groups excluding tert-OH is 5. The van der Waals surface area contributed by atoms with Crippen LogP contribution in [0.4, 0.5) is 0 Å². The number of phosphoric ester groups is 1. The van der Waals surface area contributed by atoms with E-state index in [0.29, 0.717) is 25.7 Å². The number of allylic oxidation sites excluding steroid dienone is 24. The van der Waals surface area contributed by atoms with E-state index in [2.05, 4.69) is 86.8 Å². The Morgan fingerprint density at radius 2 is 0.877 bits per heavy atom. The molecule has 13 nitrogen and oxygen atoms in total. The van der Waals surface area contributed by atoms with Gasteiger partial charge >= 0.3 is 19.8 Å². The number of carbonyl (C=O) groups is 2. The molecule has 0 aromatic heterocycles. The highest BCUT2D eigenvalue weighted by Crippen LogP contribution is 2.47. The van der Waals surface area contributed by atoms with Crippen LogP contribution in [0.25, 0.3) is 0 Å². The molecule has 0 radical (unpaired) electrons. The van der Waals surface area contributed by atoms with E-state index in [-0.39, 0.29) is 12.8 Å². The van der Waals surface area contributed by atoms with Crippen LogP contribution >= 0.6 is 7.82 Å². The van der Waals surface area contributed by atoms with Crippen molar-refractivity contribution in [2.75, 3.05) is 13.2 Å². The SMILES string of the molecule is CC/C=C/C=C/C=C/C=C/C=C/CCCC(=O)OC(COC(=O)CCC/C=C/C/C=C/C/C=C/C/C=C/C/C=C/C/C=C/C/C=C/CC)COP(=O)(O)OC1C(O)C(O)C(O)[C@H](O)C1O. The lowest BCUT2D eigenvalue weighted by Gasteiger charge is -2.41. The molecule has 14 heteroatoms. The first-order valence-corrected chi connectivity index (χ1v) is 24.2. The van der Waals surface area contributed by atoms with Crippen molar-refractivity contribution in [1.29, 1.82) is 0 Å². The zero-order valence-corrected chi connectivity index (χ0v) is 39.1. The van der Waals surface area contributed by atoms with Crippen molar-refractivity contribution in [3.8, 4) is 0 Å². The van der Waals surface area contributed by atoms with E-state index >= 15 is 0 Å². The van der Waals surface area contributed by atoms with Gasteiger partial charge < -0.3 is 39.9 Å². The molecule has 65 heavy (non-hydrogen) atoms. The molecule has 6 N–H and O–H groups in total. The van der Waals surface area contributed by atoms with Crippen LogP contribution in [0.5, 0.6) is 0 Å². The quantitative estimate of drug-likeness (QED) is 0.0117. The van der Waals surface area contributed by atoms with Crippen LogP contribution in [-0.2, 0) is 32.7 Å². The summed E-state index contributed by atoms with van der Waals surface area (Å²) in [6.45, 7) is 2.89. The molecular formula is C51H75O13P. The molecule has 0 heterocycles. The number of unbranched alkanes of at least 4 members (excludes halogenated alkanes) is 2. The molecule has 8 atom stereocenters. The number of hydrogen-bond acceptors (Lipinski definition) is 12. The highest BCUT2D eigenvalue weighted by Gasteiger charge is 2.51. The summed E-state index contributed by atoms with van der Waals surface area (Å²) < 4.78 is 33.3. The minimum absolute atomic E-state index is 0.0226. The van der Waals surface area contributed by atoms with Gasteiger partial charge in [0.15, 0.2) is 6.10 Å². The molecule has 0 spiro atoms. The third-order valence-electron chi connectivity index (χ3n) is 9.30. The summed E-state index contributed by atoms with van der Waals surface area (Å²) in [4.78, 5) is 35.6. The van der Waals surface area contributed by atoms with E-state index < -0.39 is 75.7 Å². The Morgan fingerprint density at radius 1 is 0.492 bits per heavy atom. The van der Waals surface area contributed by atoms with Gasteiger partial charge in [0.25, 0.3) is 0 Å². The van der Waals surface area contributed by atoms with Gasteiger partial charge in [0.1, 0.15) is 43.2 Å². The summed E-state index contributed by atoms with van der Waals surface area (Å²) in [5, 5.41) is 50.1. The summed E-state index contributed by atoms with van der Waals surface area (Å²) in [6.07, 6.45) is 45.0. The van der Waals surface area contributed by atoms with Crippen molar-refractivity contribution in [3.05, 3.63) is 146 Å². The van der Waals surface area contributed by atoms with Gasteiger partial charge in [-0.25, -0.2) is 4.57 Å². The first-order chi connectivity index (χ1) is 31.4. The second-order valence-corrected chi connectivity index (χ2v) is 16.3. The number of ether oxygens (including phenoxy) is 2. The standard InChI is InChI=1S/C51H75O13P/c1-3-5-7-9-11-13-15-17-18-19-20-21-22-23-24-25-26-28-29-31-33-35-37-39-44(52)61-41-43(42-62-65(59,60)64-51-49(57)47(55)46(54)48(56)50(51)58)63-45(53)40-38-36-34-32-30-27-16-14-12-10-8-6-4-2/h5-8,10-14,16-18,20-21,23-24,26-28,30-34,43,46-51,54-58H,3-4,9,15,19,22,25,29,35-42H2,1-2H3,(H,59,60)/b7-5+,8-6+,12-10+,13-11+,16-14+,18-17+,21-20+,24-23+,28-26+,30-27+,33-31+,34-32+/t43?,46?,47-,48?,49?,50?,51?/m0/s1. The van der Waals surface area contributed by atoms with Crippen LogP contribution in [0.3, 0.4) is 0 Å². The molecule has 0 saturated heterocycles. The molecule has 0 aromatic carbocycles. The molecule has 1 aliphatic rings. The van der Waals surface area contributed by atoms with E-state index in [1.165, 1.54) is 0 Å². The molecule has 7 unspecified atom stereocenters. The number of rotatable bonds is 34. The average Bonchev–Trinajstić information content (AvgIpc) is 3.29. The van der Waals surface area contributed by atoms with Crippen molar-refractivity contribution in [3.63, 3.8) is 0 Å². The molecule has 1 saturated carbocycles. The van der Waals surface area contributed by atoms with Crippen molar-refractivity contribution >= 4 is 19.8 Å². The molecule has 1 rings (SSSR count). The third-order valence-corrected chi connectivity index (χ3v) is 10.3. The van der Waals surface area contributed by atoms with Crippen LogP contribution in [0, 0.1) is 0 Å². The predicted molar refractivity (Wildman–Crippen MR) is 257 cm³/mol. The van der Waals surface area contributed by atoms with Crippen molar-refractivity contribution in [2.45, 2.75) is 146 Å². The Labute approximate surface area is 387 Å². The van der Waals surface area contributed by atoms with Gasteiger partial charge in [0.05, 0.1) is 6.61 Å². The minimum Gasteiger partial charge on any atom is -0.462 e. The Morgan fingerprint density at radius 3 is 1.35 bits per heavy atom. The van der Waals surface area contributed by atoms with Crippen LogP contribution in [-0.4, -0.2) is 98.3 Å². The fourth-order valence-electron chi connectivity index (χ4n) is 5.72. The first-order valence-electron chi connectivity index (χ1n) is 22.7. The monoisotopic (exact) mass is 926 g/mol. The van der Waals surface area contributed by atoms with E-state index in [1.54, 1.807) is 0 Å². The van der Waals surface area contributed by atoms with Gasteiger partial charge in [0.2, 0.25) is 0 Å². The number of carbonyl (C=O) groups excluding carboxylic acids is 2. The third kappa shape index (κ3) is 31.3. The number of aliphatic hydroxyl groups is 5. The molecule has 1 aliphatic carbocycles. The lowest BCUT2D eigenvalue weighted by molar-refractivity contribution is -0.220. The zero-order chi connectivity index (χ0) is 47.8.